The predicted octanol–water partition coefficient (Wildman–Crippen LogP) is 5.80. The number of carbonyl (C=O) groups is 1. The van der Waals surface area contributed by atoms with Crippen LogP contribution in [0.3, 0.4) is 0 Å². The van der Waals surface area contributed by atoms with Crippen molar-refractivity contribution in [1.29, 1.82) is 0 Å². The number of rotatable bonds is 2. The van der Waals surface area contributed by atoms with Crippen LogP contribution in [0.25, 0.3) is 22.6 Å². The minimum atomic E-state index is 0.0404. The van der Waals surface area contributed by atoms with E-state index in [2.05, 4.69) is 20.9 Å². The molecule has 25 heavy (non-hydrogen) atoms. The van der Waals surface area contributed by atoms with Gasteiger partial charge in [0.15, 0.2) is 5.58 Å². The van der Waals surface area contributed by atoms with E-state index >= 15 is 0 Å². The first kappa shape index (κ1) is 16.9. The van der Waals surface area contributed by atoms with Crippen LogP contribution in [-0.2, 0) is 0 Å². The molecule has 0 bridgehead atoms. The van der Waals surface area contributed by atoms with Crippen LogP contribution in [0, 0.1) is 0 Å². The number of aromatic nitrogens is 1. The molecule has 2 heterocycles. The second-order valence-electron chi connectivity index (χ2n) is 5.95. The van der Waals surface area contributed by atoms with Gasteiger partial charge in [0, 0.05) is 24.2 Å². The van der Waals surface area contributed by atoms with Gasteiger partial charge >= 0.3 is 0 Å². The van der Waals surface area contributed by atoms with Gasteiger partial charge in [-0.25, -0.2) is 4.98 Å². The normalized spacial score (nSPS) is 14.4. The van der Waals surface area contributed by atoms with Crippen molar-refractivity contribution in [3.8, 4) is 11.5 Å². The lowest BCUT2D eigenvalue weighted by Gasteiger charge is -2.14. The van der Waals surface area contributed by atoms with Crippen molar-refractivity contribution in [3.63, 3.8) is 0 Å². The van der Waals surface area contributed by atoms with Crippen LogP contribution in [0.1, 0.15) is 23.2 Å². The van der Waals surface area contributed by atoms with E-state index in [9.17, 15) is 4.79 Å². The molecule has 0 unspecified atom stereocenters. The van der Waals surface area contributed by atoms with E-state index in [1.54, 1.807) is 30.3 Å². The number of fused-ring (bicyclic) bond motifs is 1. The standard InChI is InChI=1S/C18H13BrCl2N2O2/c19-16-12(20)7-11(8-13(16)21)17-22-14-9-10(3-4-15(14)25-17)18(24)23-5-1-2-6-23/h3-4,7-9H,1-2,5-6H2. The summed E-state index contributed by atoms with van der Waals surface area (Å²) in [5, 5.41) is 0.962. The molecule has 1 saturated heterocycles. The summed E-state index contributed by atoms with van der Waals surface area (Å²) >= 11 is 15.6. The molecule has 1 aliphatic rings. The topological polar surface area (TPSA) is 46.3 Å². The average molecular weight is 440 g/mol. The van der Waals surface area contributed by atoms with Gasteiger partial charge in [0.25, 0.3) is 5.91 Å². The molecule has 128 valence electrons. The van der Waals surface area contributed by atoms with Crippen molar-refractivity contribution in [2.75, 3.05) is 13.1 Å². The highest BCUT2D eigenvalue weighted by molar-refractivity contribution is 9.10. The number of benzene rings is 2. The number of likely N-dealkylation sites (tertiary alicyclic amines) is 1. The lowest BCUT2D eigenvalue weighted by molar-refractivity contribution is 0.0793. The molecular formula is C18H13BrCl2N2O2. The summed E-state index contributed by atoms with van der Waals surface area (Å²) in [5.41, 5.74) is 2.56. The smallest absolute Gasteiger partial charge is 0.253 e. The van der Waals surface area contributed by atoms with Crippen LogP contribution >= 0.6 is 39.1 Å². The SMILES string of the molecule is O=C(c1ccc2oc(-c3cc(Cl)c(Br)c(Cl)c3)nc2c1)N1CCCC1. The molecule has 1 fully saturated rings. The maximum absolute atomic E-state index is 12.5. The third-order valence-corrected chi connectivity index (χ3v) is 6.17. The Bertz CT molecular complexity index is 957. The number of halogens is 3. The highest BCUT2D eigenvalue weighted by Crippen LogP contribution is 2.36. The summed E-state index contributed by atoms with van der Waals surface area (Å²) in [4.78, 5) is 18.9. The zero-order chi connectivity index (χ0) is 17.6. The van der Waals surface area contributed by atoms with Gasteiger partial charge in [-0.3, -0.25) is 4.79 Å². The van der Waals surface area contributed by atoms with Crippen molar-refractivity contribution in [1.82, 2.24) is 9.88 Å². The average Bonchev–Trinajstić information content (AvgIpc) is 3.27. The Morgan fingerprint density at radius 3 is 2.48 bits per heavy atom. The Labute approximate surface area is 162 Å². The fraction of sp³-hybridized carbons (Fsp3) is 0.222. The summed E-state index contributed by atoms with van der Waals surface area (Å²) < 4.78 is 6.43. The molecule has 1 amide bonds. The summed E-state index contributed by atoms with van der Waals surface area (Å²) in [6, 6.07) is 8.79. The van der Waals surface area contributed by atoms with E-state index in [1.807, 2.05) is 4.90 Å². The molecule has 1 aliphatic heterocycles. The molecule has 0 atom stereocenters. The van der Waals surface area contributed by atoms with Gasteiger partial charge in [-0.15, -0.1) is 0 Å². The minimum absolute atomic E-state index is 0.0404. The second-order valence-corrected chi connectivity index (χ2v) is 7.56. The molecule has 0 saturated carbocycles. The second kappa shape index (κ2) is 6.63. The molecule has 1 aromatic heterocycles. The van der Waals surface area contributed by atoms with E-state index in [0.29, 0.717) is 42.6 Å². The molecule has 7 heteroatoms. The van der Waals surface area contributed by atoms with Crippen molar-refractivity contribution in [2.45, 2.75) is 12.8 Å². The summed E-state index contributed by atoms with van der Waals surface area (Å²) in [5.74, 6) is 0.454. The van der Waals surface area contributed by atoms with Crippen LogP contribution in [0.15, 0.2) is 39.2 Å². The van der Waals surface area contributed by atoms with Crippen molar-refractivity contribution in [2.24, 2.45) is 0 Å². The molecule has 0 spiro atoms. The van der Waals surface area contributed by atoms with Crippen LogP contribution < -0.4 is 0 Å². The van der Waals surface area contributed by atoms with Crippen LogP contribution in [0.2, 0.25) is 10.0 Å². The van der Waals surface area contributed by atoms with Gasteiger partial charge in [0.1, 0.15) is 5.52 Å². The highest BCUT2D eigenvalue weighted by atomic mass is 79.9. The Kier molecular flexibility index (Phi) is 4.48. The largest absolute Gasteiger partial charge is 0.436 e. The molecule has 0 radical (unpaired) electrons. The molecule has 2 aromatic carbocycles. The van der Waals surface area contributed by atoms with E-state index in [4.69, 9.17) is 27.6 Å². The third kappa shape index (κ3) is 3.16. The molecule has 4 nitrogen and oxygen atoms in total. The van der Waals surface area contributed by atoms with Crippen molar-refractivity contribution in [3.05, 3.63) is 50.4 Å². The zero-order valence-electron chi connectivity index (χ0n) is 13.1. The van der Waals surface area contributed by atoms with Gasteiger partial charge in [0.05, 0.1) is 14.5 Å². The van der Waals surface area contributed by atoms with Gasteiger partial charge in [0.2, 0.25) is 5.89 Å². The minimum Gasteiger partial charge on any atom is -0.436 e. The van der Waals surface area contributed by atoms with Crippen molar-refractivity contribution < 1.29 is 9.21 Å². The van der Waals surface area contributed by atoms with Crippen LogP contribution in [-0.4, -0.2) is 28.9 Å². The Balaban J connectivity index is 1.72. The molecular weight excluding hydrogens is 427 g/mol. The number of carbonyl (C=O) groups excluding carboxylic acids is 1. The quantitative estimate of drug-likeness (QED) is 0.474. The zero-order valence-corrected chi connectivity index (χ0v) is 16.2. The summed E-state index contributed by atoms with van der Waals surface area (Å²) in [6.07, 6.45) is 2.13. The molecule has 0 N–H and O–H groups in total. The first-order chi connectivity index (χ1) is 12.0. The number of hydrogen-bond donors (Lipinski definition) is 0. The number of nitrogens with zero attached hydrogens (tertiary/aromatic N) is 2. The molecule has 0 aliphatic carbocycles. The van der Waals surface area contributed by atoms with Crippen LogP contribution in [0.4, 0.5) is 0 Å². The maximum Gasteiger partial charge on any atom is 0.253 e. The Hall–Kier alpha value is -1.56. The first-order valence-electron chi connectivity index (χ1n) is 7.88. The lowest BCUT2D eigenvalue weighted by atomic mass is 10.2. The monoisotopic (exact) mass is 438 g/mol. The highest BCUT2D eigenvalue weighted by Gasteiger charge is 2.20. The van der Waals surface area contributed by atoms with E-state index < -0.39 is 0 Å². The van der Waals surface area contributed by atoms with Gasteiger partial charge in [-0.1, -0.05) is 23.2 Å². The van der Waals surface area contributed by atoms with E-state index in [-0.39, 0.29) is 5.91 Å². The predicted molar refractivity (Wildman–Crippen MR) is 102 cm³/mol. The number of hydrogen-bond acceptors (Lipinski definition) is 3. The summed E-state index contributed by atoms with van der Waals surface area (Å²) in [6.45, 7) is 1.63. The van der Waals surface area contributed by atoms with Gasteiger partial charge in [-0.2, -0.15) is 0 Å². The number of amides is 1. The Morgan fingerprint density at radius 1 is 1.12 bits per heavy atom. The molecule has 3 aromatic rings. The fourth-order valence-corrected chi connectivity index (χ4v) is 3.68. The van der Waals surface area contributed by atoms with E-state index in [0.717, 1.165) is 25.9 Å². The first-order valence-corrected chi connectivity index (χ1v) is 9.42. The third-order valence-electron chi connectivity index (χ3n) is 4.26. The van der Waals surface area contributed by atoms with Crippen LogP contribution in [0.5, 0.6) is 0 Å². The van der Waals surface area contributed by atoms with Gasteiger partial charge in [-0.05, 0) is 59.1 Å². The van der Waals surface area contributed by atoms with Crippen molar-refractivity contribution >= 4 is 56.1 Å². The summed E-state index contributed by atoms with van der Waals surface area (Å²) in [7, 11) is 0. The lowest BCUT2D eigenvalue weighted by Crippen LogP contribution is -2.27. The van der Waals surface area contributed by atoms with Gasteiger partial charge < -0.3 is 9.32 Å². The van der Waals surface area contributed by atoms with E-state index in [1.165, 1.54) is 0 Å². The fourth-order valence-electron chi connectivity index (χ4n) is 2.97. The number of oxazole rings is 1. The molecule has 4 rings (SSSR count). The Morgan fingerprint density at radius 2 is 1.80 bits per heavy atom. The maximum atomic E-state index is 12.5.